The Bertz CT molecular complexity index is 1030. The molecule has 0 unspecified atom stereocenters. The molecule has 4 rings (SSSR count). The number of hydrogen-bond donors (Lipinski definition) is 1. The molecule has 2 heterocycles. The van der Waals surface area contributed by atoms with Crippen LogP contribution in [0.2, 0.25) is 0 Å². The van der Waals surface area contributed by atoms with Crippen molar-refractivity contribution in [3.05, 3.63) is 64.8 Å². The molecule has 0 spiro atoms. The monoisotopic (exact) mass is 424 g/mol. The Morgan fingerprint density at radius 3 is 2.57 bits per heavy atom. The number of benzene rings is 2. The maximum Gasteiger partial charge on any atom is 0.238 e. The van der Waals surface area contributed by atoms with Crippen LogP contribution in [0.3, 0.4) is 0 Å². The maximum atomic E-state index is 13.1. The summed E-state index contributed by atoms with van der Waals surface area (Å²) in [6.07, 6.45) is 0. The van der Waals surface area contributed by atoms with E-state index in [-0.39, 0.29) is 11.7 Å². The van der Waals surface area contributed by atoms with Gasteiger partial charge in [0.2, 0.25) is 5.91 Å². The van der Waals surface area contributed by atoms with Crippen LogP contribution in [0.1, 0.15) is 11.1 Å². The van der Waals surface area contributed by atoms with Gasteiger partial charge in [-0.15, -0.1) is 11.3 Å². The molecule has 0 atom stereocenters. The van der Waals surface area contributed by atoms with E-state index in [1.54, 1.807) is 23.5 Å². The third-order valence-corrected chi connectivity index (χ3v) is 6.42. The van der Waals surface area contributed by atoms with Crippen molar-refractivity contribution in [3.8, 4) is 11.3 Å². The minimum Gasteiger partial charge on any atom is -0.346 e. The molecule has 1 aliphatic heterocycles. The number of carbonyl (C=O) groups excluding carboxylic acids is 1. The second kappa shape index (κ2) is 8.93. The lowest BCUT2D eigenvalue weighted by molar-refractivity contribution is -0.117. The first kappa shape index (κ1) is 20.5. The van der Waals surface area contributed by atoms with Crippen LogP contribution in [-0.2, 0) is 4.79 Å². The summed E-state index contributed by atoms with van der Waals surface area (Å²) in [5.41, 5.74) is 4.95. The standard InChI is InChI=1S/C23H25FN4OS/c1-16-4-3-5-20(17(16)2)25-22(29)14-27-10-12-28(13-11-27)23-26-21(15-30-23)18-6-8-19(24)9-7-18/h3-9,15H,10-14H2,1-2H3,(H,25,29). The third-order valence-electron chi connectivity index (χ3n) is 5.52. The molecule has 2 aromatic carbocycles. The van der Waals surface area contributed by atoms with Gasteiger partial charge in [-0.25, -0.2) is 9.37 Å². The van der Waals surface area contributed by atoms with Gasteiger partial charge in [-0.05, 0) is 55.3 Å². The minimum atomic E-state index is -0.244. The zero-order valence-corrected chi connectivity index (χ0v) is 18.0. The maximum absolute atomic E-state index is 13.1. The Labute approximate surface area is 180 Å². The second-order valence-electron chi connectivity index (χ2n) is 7.58. The number of rotatable bonds is 5. The van der Waals surface area contributed by atoms with Crippen LogP contribution in [0.15, 0.2) is 47.8 Å². The summed E-state index contributed by atoms with van der Waals surface area (Å²) in [5.74, 6) is -0.225. The van der Waals surface area contributed by atoms with Crippen LogP contribution in [0, 0.1) is 19.7 Å². The first-order valence-electron chi connectivity index (χ1n) is 10.0. The van der Waals surface area contributed by atoms with Crippen molar-refractivity contribution in [2.24, 2.45) is 0 Å². The van der Waals surface area contributed by atoms with E-state index in [9.17, 15) is 9.18 Å². The summed E-state index contributed by atoms with van der Waals surface area (Å²) in [5, 5.41) is 6.01. The lowest BCUT2D eigenvalue weighted by atomic mass is 10.1. The minimum absolute atomic E-state index is 0.0185. The topological polar surface area (TPSA) is 48.5 Å². The molecule has 7 heteroatoms. The van der Waals surface area contributed by atoms with Gasteiger partial charge in [-0.1, -0.05) is 12.1 Å². The fourth-order valence-corrected chi connectivity index (χ4v) is 4.43. The van der Waals surface area contributed by atoms with E-state index >= 15 is 0 Å². The number of hydrogen-bond acceptors (Lipinski definition) is 5. The van der Waals surface area contributed by atoms with E-state index < -0.39 is 0 Å². The molecule has 0 aliphatic carbocycles. The van der Waals surface area contributed by atoms with E-state index in [0.717, 1.165) is 53.8 Å². The van der Waals surface area contributed by atoms with Gasteiger partial charge in [0.05, 0.1) is 12.2 Å². The predicted molar refractivity (Wildman–Crippen MR) is 121 cm³/mol. The molecule has 1 aromatic heterocycles. The Balaban J connectivity index is 1.30. The lowest BCUT2D eigenvalue weighted by Crippen LogP contribution is -2.48. The molecule has 0 radical (unpaired) electrons. The molecule has 1 fully saturated rings. The second-order valence-corrected chi connectivity index (χ2v) is 8.42. The number of halogens is 1. The molecule has 0 saturated carbocycles. The van der Waals surface area contributed by atoms with Gasteiger partial charge < -0.3 is 10.2 Å². The number of aryl methyl sites for hydroxylation is 1. The largest absolute Gasteiger partial charge is 0.346 e. The molecule has 3 aromatic rings. The van der Waals surface area contributed by atoms with Gasteiger partial charge in [-0.3, -0.25) is 9.69 Å². The zero-order chi connectivity index (χ0) is 21.1. The van der Waals surface area contributed by atoms with Crippen molar-refractivity contribution in [2.75, 3.05) is 42.9 Å². The van der Waals surface area contributed by atoms with E-state index in [4.69, 9.17) is 4.98 Å². The van der Waals surface area contributed by atoms with E-state index in [1.807, 2.05) is 37.4 Å². The SMILES string of the molecule is Cc1cccc(NC(=O)CN2CCN(c3nc(-c4ccc(F)cc4)cs3)CC2)c1C. The number of anilines is 2. The summed E-state index contributed by atoms with van der Waals surface area (Å²) in [7, 11) is 0. The highest BCUT2D eigenvalue weighted by Gasteiger charge is 2.21. The predicted octanol–water partition coefficient (Wildman–Crippen LogP) is 4.33. The highest BCUT2D eigenvalue weighted by molar-refractivity contribution is 7.14. The van der Waals surface area contributed by atoms with Crippen LogP contribution >= 0.6 is 11.3 Å². The number of nitrogens with zero attached hydrogens (tertiary/aromatic N) is 3. The molecule has 0 bridgehead atoms. The molecule has 1 saturated heterocycles. The smallest absolute Gasteiger partial charge is 0.238 e. The van der Waals surface area contributed by atoms with Crippen molar-refractivity contribution in [1.82, 2.24) is 9.88 Å². The fourth-order valence-electron chi connectivity index (χ4n) is 3.54. The van der Waals surface area contributed by atoms with Crippen LogP contribution in [-0.4, -0.2) is 48.5 Å². The van der Waals surface area contributed by atoms with Gasteiger partial charge in [0.15, 0.2) is 5.13 Å². The Kier molecular flexibility index (Phi) is 6.11. The first-order chi connectivity index (χ1) is 14.5. The van der Waals surface area contributed by atoms with E-state index in [1.165, 1.54) is 17.7 Å². The number of thiazole rings is 1. The van der Waals surface area contributed by atoms with Gasteiger partial charge in [0.1, 0.15) is 5.82 Å². The van der Waals surface area contributed by atoms with Gasteiger partial charge >= 0.3 is 0 Å². The highest BCUT2D eigenvalue weighted by Crippen LogP contribution is 2.28. The number of nitrogens with one attached hydrogen (secondary N) is 1. The summed E-state index contributed by atoms with van der Waals surface area (Å²) in [6.45, 7) is 7.74. The highest BCUT2D eigenvalue weighted by atomic mass is 32.1. The molecular weight excluding hydrogens is 399 g/mol. The number of aromatic nitrogens is 1. The van der Waals surface area contributed by atoms with Crippen LogP contribution in [0.4, 0.5) is 15.2 Å². The summed E-state index contributed by atoms with van der Waals surface area (Å²) < 4.78 is 13.1. The molecule has 156 valence electrons. The van der Waals surface area contributed by atoms with Crippen LogP contribution in [0.25, 0.3) is 11.3 Å². The summed E-state index contributed by atoms with van der Waals surface area (Å²) >= 11 is 1.60. The molecule has 30 heavy (non-hydrogen) atoms. The van der Waals surface area contributed by atoms with Crippen molar-refractivity contribution in [3.63, 3.8) is 0 Å². The third kappa shape index (κ3) is 4.68. The summed E-state index contributed by atoms with van der Waals surface area (Å²) in [6, 6.07) is 12.4. The Morgan fingerprint density at radius 2 is 1.83 bits per heavy atom. The van der Waals surface area contributed by atoms with Crippen molar-refractivity contribution < 1.29 is 9.18 Å². The number of piperazine rings is 1. The average Bonchev–Trinajstić information content (AvgIpc) is 3.23. The van der Waals surface area contributed by atoms with E-state index in [2.05, 4.69) is 15.1 Å². The Morgan fingerprint density at radius 1 is 1.10 bits per heavy atom. The van der Waals surface area contributed by atoms with E-state index in [0.29, 0.717) is 6.54 Å². The Hall–Kier alpha value is -2.77. The van der Waals surface area contributed by atoms with Crippen LogP contribution < -0.4 is 10.2 Å². The van der Waals surface area contributed by atoms with Gasteiger partial charge in [0, 0.05) is 42.8 Å². The number of carbonyl (C=O) groups is 1. The van der Waals surface area contributed by atoms with Crippen molar-refractivity contribution in [2.45, 2.75) is 13.8 Å². The lowest BCUT2D eigenvalue weighted by Gasteiger charge is -2.34. The van der Waals surface area contributed by atoms with Crippen molar-refractivity contribution in [1.29, 1.82) is 0 Å². The quantitative estimate of drug-likeness (QED) is 0.663. The average molecular weight is 425 g/mol. The molecular formula is C23H25FN4OS. The molecule has 1 amide bonds. The van der Waals surface area contributed by atoms with Crippen LogP contribution in [0.5, 0.6) is 0 Å². The van der Waals surface area contributed by atoms with Gasteiger partial charge in [-0.2, -0.15) is 0 Å². The molecule has 1 N–H and O–H groups in total. The fraction of sp³-hybridized carbons (Fsp3) is 0.304. The molecule has 5 nitrogen and oxygen atoms in total. The first-order valence-corrected chi connectivity index (χ1v) is 10.9. The summed E-state index contributed by atoms with van der Waals surface area (Å²) in [4.78, 5) is 21.6. The zero-order valence-electron chi connectivity index (χ0n) is 17.2. The van der Waals surface area contributed by atoms with Crippen molar-refractivity contribution >= 4 is 28.1 Å². The number of amides is 1. The van der Waals surface area contributed by atoms with Gasteiger partial charge in [0.25, 0.3) is 0 Å². The molecule has 1 aliphatic rings. The normalized spacial score (nSPS) is 14.7.